The summed E-state index contributed by atoms with van der Waals surface area (Å²) >= 11 is 0. The lowest BCUT2D eigenvalue weighted by molar-refractivity contribution is -0.127. The molecule has 8 heteroatoms. The second-order valence-electron chi connectivity index (χ2n) is 9.66. The lowest BCUT2D eigenvalue weighted by Crippen LogP contribution is -2.50. The van der Waals surface area contributed by atoms with E-state index in [2.05, 4.69) is 38.7 Å². The van der Waals surface area contributed by atoms with Crippen LogP contribution in [0.15, 0.2) is 18.2 Å². The zero-order chi connectivity index (χ0) is 24.7. The van der Waals surface area contributed by atoms with Crippen LogP contribution in [0.1, 0.15) is 62.0 Å². The summed E-state index contributed by atoms with van der Waals surface area (Å²) in [6.07, 6.45) is 3.93. The Morgan fingerprint density at radius 2 is 2.03 bits per heavy atom. The van der Waals surface area contributed by atoms with E-state index >= 15 is 0 Å². The molecule has 1 aromatic carbocycles. The van der Waals surface area contributed by atoms with Crippen LogP contribution in [-0.4, -0.2) is 59.6 Å². The molecule has 1 saturated carbocycles. The van der Waals surface area contributed by atoms with Crippen molar-refractivity contribution in [1.82, 2.24) is 25.7 Å². The molecule has 1 aliphatic rings. The molecule has 0 spiro atoms. The second-order valence-corrected chi connectivity index (χ2v) is 9.66. The standard InChI is InChI=1S/C26H34N6O2/c1-17(2)14-19(16-27)28-26(34)20-8-5-6-9-22(20)29-25(33)18-11-12-24-21(15-18)23(30-31-24)10-7-13-32(3)4/h11-12,15,17,19-20,22H,5-6,8-9,13-14H2,1-4H3,(H,28,34)(H,29,33)(H,30,31)/t19-,20+,22-/m0/s1. The Labute approximate surface area is 201 Å². The molecule has 3 N–H and O–H groups in total. The molecule has 2 amide bonds. The molecule has 180 valence electrons. The molecule has 1 aliphatic carbocycles. The van der Waals surface area contributed by atoms with E-state index in [0.29, 0.717) is 36.6 Å². The molecule has 1 aromatic heterocycles. The predicted molar refractivity (Wildman–Crippen MR) is 132 cm³/mol. The molecule has 8 nitrogen and oxygen atoms in total. The molecule has 2 aromatic rings. The second kappa shape index (κ2) is 11.7. The largest absolute Gasteiger partial charge is 0.349 e. The van der Waals surface area contributed by atoms with Gasteiger partial charge in [-0.1, -0.05) is 32.6 Å². The first-order valence-electron chi connectivity index (χ1n) is 11.9. The molecule has 34 heavy (non-hydrogen) atoms. The summed E-state index contributed by atoms with van der Waals surface area (Å²) in [5.74, 6) is 5.76. The van der Waals surface area contributed by atoms with Crippen molar-refractivity contribution in [2.45, 2.75) is 58.0 Å². The van der Waals surface area contributed by atoms with Gasteiger partial charge in [0.25, 0.3) is 5.91 Å². The summed E-state index contributed by atoms with van der Waals surface area (Å²) in [6.45, 7) is 4.67. The van der Waals surface area contributed by atoms with Crippen molar-refractivity contribution in [3.05, 3.63) is 29.5 Å². The van der Waals surface area contributed by atoms with Gasteiger partial charge in [-0.15, -0.1) is 0 Å². The number of fused-ring (bicyclic) bond motifs is 1. The number of aromatic nitrogens is 2. The first-order chi connectivity index (χ1) is 16.3. The van der Waals surface area contributed by atoms with Crippen molar-refractivity contribution in [2.24, 2.45) is 11.8 Å². The van der Waals surface area contributed by atoms with Crippen molar-refractivity contribution >= 4 is 22.7 Å². The van der Waals surface area contributed by atoms with Crippen LogP contribution >= 0.6 is 0 Å². The van der Waals surface area contributed by atoms with Gasteiger partial charge in [0.1, 0.15) is 11.7 Å². The molecule has 1 heterocycles. The fraction of sp³-hybridized carbons (Fsp3) is 0.538. The summed E-state index contributed by atoms with van der Waals surface area (Å²) in [6, 6.07) is 6.73. The Hall–Kier alpha value is -3.36. The SMILES string of the molecule is CC(C)C[C@@H](C#N)NC(=O)[C@@H]1CCCC[C@@H]1NC(=O)c1ccc2n[nH]c(C#CCN(C)C)c2c1. The van der Waals surface area contributed by atoms with Gasteiger partial charge in [0.05, 0.1) is 24.0 Å². The molecule has 0 saturated heterocycles. The highest BCUT2D eigenvalue weighted by Gasteiger charge is 2.33. The van der Waals surface area contributed by atoms with Gasteiger partial charge in [-0.2, -0.15) is 10.4 Å². The molecule has 3 atom stereocenters. The van der Waals surface area contributed by atoms with Gasteiger partial charge in [0.15, 0.2) is 0 Å². The van der Waals surface area contributed by atoms with Crippen LogP contribution < -0.4 is 10.6 Å². The van der Waals surface area contributed by atoms with Gasteiger partial charge < -0.3 is 10.6 Å². The van der Waals surface area contributed by atoms with Gasteiger partial charge in [-0.25, -0.2) is 0 Å². The molecule has 1 fully saturated rings. The summed E-state index contributed by atoms with van der Waals surface area (Å²) in [7, 11) is 3.90. The van der Waals surface area contributed by atoms with E-state index in [0.717, 1.165) is 30.2 Å². The molecular weight excluding hydrogens is 428 g/mol. The first kappa shape index (κ1) is 25.3. The number of aromatic amines is 1. The summed E-state index contributed by atoms with van der Waals surface area (Å²) in [5.41, 5.74) is 1.92. The molecule has 0 bridgehead atoms. The number of nitrogens with zero attached hydrogens (tertiary/aromatic N) is 3. The Balaban J connectivity index is 1.73. The number of hydrogen-bond acceptors (Lipinski definition) is 5. The third-order valence-corrected chi connectivity index (χ3v) is 6.02. The minimum atomic E-state index is -0.513. The molecule has 0 unspecified atom stereocenters. The number of H-pyrrole nitrogens is 1. The maximum Gasteiger partial charge on any atom is 0.251 e. The van der Waals surface area contributed by atoms with Gasteiger partial charge in [-0.05, 0) is 63.4 Å². The topological polar surface area (TPSA) is 114 Å². The van der Waals surface area contributed by atoms with Gasteiger partial charge in [0.2, 0.25) is 5.91 Å². The minimum Gasteiger partial charge on any atom is -0.349 e. The number of rotatable bonds is 7. The smallest absolute Gasteiger partial charge is 0.251 e. The average molecular weight is 463 g/mol. The molecular formula is C26H34N6O2. The van der Waals surface area contributed by atoms with Crippen LogP contribution in [0.25, 0.3) is 10.9 Å². The summed E-state index contributed by atoms with van der Waals surface area (Å²) in [5, 5.41) is 23.4. The quantitative estimate of drug-likeness (QED) is 0.548. The van der Waals surface area contributed by atoms with Crippen molar-refractivity contribution in [1.29, 1.82) is 5.26 Å². The summed E-state index contributed by atoms with van der Waals surface area (Å²) < 4.78 is 0. The van der Waals surface area contributed by atoms with E-state index in [9.17, 15) is 14.9 Å². The van der Waals surface area contributed by atoms with Crippen molar-refractivity contribution in [3.63, 3.8) is 0 Å². The number of benzene rings is 1. The highest BCUT2D eigenvalue weighted by molar-refractivity contribution is 5.99. The number of carbonyl (C=O) groups is 2. The minimum absolute atomic E-state index is 0.152. The van der Waals surface area contributed by atoms with Crippen molar-refractivity contribution < 1.29 is 9.59 Å². The van der Waals surface area contributed by atoms with E-state index < -0.39 is 6.04 Å². The van der Waals surface area contributed by atoms with Crippen LogP contribution in [0.5, 0.6) is 0 Å². The molecule has 0 radical (unpaired) electrons. The Morgan fingerprint density at radius 3 is 2.74 bits per heavy atom. The number of nitrogens with one attached hydrogen (secondary N) is 3. The van der Waals surface area contributed by atoms with Crippen LogP contribution in [0, 0.1) is 35.0 Å². The predicted octanol–water partition coefficient (Wildman–Crippen LogP) is 2.82. The van der Waals surface area contributed by atoms with Crippen LogP contribution in [0.2, 0.25) is 0 Å². The third-order valence-electron chi connectivity index (χ3n) is 6.02. The fourth-order valence-corrected chi connectivity index (χ4v) is 4.30. The van der Waals surface area contributed by atoms with Crippen molar-refractivity contribution in [2.75, 3.05) is 20.6 Å². The van der Waals surface area contributed by atoms with Crippen LogP contribution in [-0.2, 0) is 4.79 Å². The summed E-state index contributed by atoms with van der Waals surface area (Å²) in [4.78, 5) is 28.1. The number of hydrogen-bond donors (Lipinski definition) is 3. The van der Waals surface area contributed by atoms with Gasteiger partial charge in [0, 0.05) is 17.0 Å². The Morgan fingerprint density at radius 1 is 1.26 bits per heavy atom. The average Bonchev–Trinajstić information content (AvgIpc) is 3.20. The van der Waals surface area contributed by atoms with Gasteiger partial charge in [-0.3, -0.25) is 19.6 Å². The number of carbonyl (C=O) groups excluding carboxylic acids is 2. The number of nitriles is 1. The highest BCUT2D eigenvalue weighted by atomic mass is 16.2. The first-order valence-corrected chi connectivity index (χ1v) is 11.9. The van der Waals surface area contributed by atoms with E-state index in [1.54, 1.807) is 18.2 Å². The highest BCUT2D eigenvalue weighted by Crippen LogP contribution is 2.26. The monoisotopic (exact) mass is 462 g/mol. The molecule has 3 rings (SSSR count). The third kappa shape index (κ3) is 6.59. The maximum absolute atomic E-state index is 13.1. The Kier molecular flexibility index (Phi) is 8.67. The zero-order valence-corrected chi connectivity index (χ0v) is 20.4. The van der Waals surface area contributed by atoms with E-state index in [4.69, 9.17) is 0 Å². The Bertz CT molecular complexity index is 1120. The molecule has 0 aliphatic heterocycles. The maximum atomic E-state index is 13.1. The van der Waals surface area contributed by atoms with Crippen molar-refractivity contribution in [3.8, 4) is 17.9 Å². The van der Waals surface area contributed by atoms with Gasteiger partial charge >= 0.3 is 0 Å². The zero-order valence-electron chi connectivity index (χ0n) is 20.4. The van der Waals surface area contributed by atoms with Crippen LogP contribution in [0.3, 0.4) is 0 Å². The normalized spacial score (nSPS) is 18.7. The lowest BCUT2D eigenvalue weighted by Gasteiger charge is -2.32. The van der Waals surface area contributed by atoms with E-state index in [1.165, 1.54) is 0 Å². The lowest BCUT2D eigenvalue weighted by atomic mass is 9.83. The fourth-order valence-electron chi connectivity index (χ4n) is 4.30. The van der Waals surface area contributed by atoms with E-state index in [-0.39, 0.29) is 23.8 Å². The van der Waals surface area contributed by atoms with E-state index in [1.807, 2.05) is 32.8 Å². The number of amides is 2. The van der Waals surface area contributed by atoms with Crippen LogP contribution in [0.4, 0.5) is 0 Å².